The van der Waals surface area contributed by atoms with Gasteiger partial charge in [0.15, 0.2) is 6.04 Å². The normalized spacial score (nSPS) is 17.4. The lowest BCUT2D eigenvalue weighted by Crippen LogP contribution is -2.43. The van der Waals surface area contributed by atoms with Crippen LogP contribution in [0.4, 0.5) is 0 Å². The number of nitrogens with zero attached hydrogens (tertiary/aromatic N) is 2. The molecule has 1 amide bonds. The van der Waals surface area contributed by atoms with Gasteiger partial charge in [-0.1, -0.05) is 0 Å². The number of carboxylic acids is 1. The molecule has 1 unspecified atom stereocenters. The molecule has 0 radical (unpaired) electrons. The first kappa shape index (κ1) is 14.2. The van der Waals surface area contributed by atoms with Crippen LogP contribution in [0.25, 0.3) is 0 Å². The van der Waals surface area contributed by atoms with E-state index in [1.807, 2.05) is 5.38 Å². The van der Waals surface area contributed by atoms with E-state index in [4.69, 9.17) is 0 Å². The Morgan fingerprint density at radius 3 is 2.86 bits per heavy atom. The van der Waals surface area contributed by atoms with Gasteiger partial charge in [0, 0.05) is 17.6 Å². The molecular formula is C14H11BrN2O3S. The molecule has 0 aromatic carbocycles. The third-order valence-corrected chi connectivity index (χ3v) is 4.90. The molecule has 0 bridgehead atoms. The lowest BCUT2D eigenvalue weighted by molar-refractivity contribution is -0.142. The Bertz CT molecular complexity index is 698. The molecule has 0 saturated heterocycles. The van der Waals surface area contributed by atoms with Crippen LogP contribution >= 0.6 is 27.3 Å². The average molecular weight is 367 g/mol. The number of fused-ring (bicyclic) bond motifs is 1. The van der Waals surface area contributed by atoms with Crippen molar-refractivity contribution < 1.29 is 14.7 Å². The van der Waals surface area contributed by atoms with Crippen LogP contribution in [0.15, 0.2) is 34.4 Å². The highest BCUT2D eigenvalue weighted by molar-refractivity contribution is 9.10. The zero-order valence-electron chi connectivity index (χ0n) is 10.8. The Hall–Kier alpha value is -1.73. The van der Waals surface area contributed by atoms with Crippen molar-refractivity contribution in [1.29, 1.82) is 0 Å². The number of hydrogen-bond acceptors (Lipinski definition) is 4. The number of halogens is 1. The van der Waals surface area contributed by atoms with E-state index in [-0.39, 0.29) is 5.91 Å². The number of rotatable bonds is 2. The Balaban J connectivity index is 1.96. The molecule has 3 heterocycles. The summed E-state index contributed by atoms with van der Waals surface area (Å²) in [6.07, 6.45) is 2.14. The summed E-state index contributed by atoms with van der Waals surface area (Å²) in [7, 11) is 0. The fourth-order valence-corrected chi connectivity index (χ4v) is 3.61. The number of carbonyl (C=O) groups excluding carboxylic acids is 1. The molecule has 1 atom stereocenters. The Labute approximate surface area is 133 Å². The molecule has 108 valence electrons. The van der Waals surface area contributed by atoms with E-state index < -0.39 is 12.0 Å². The smallest absolute Gasteiger partial charge is 0.331 e. The van der Waals surface area contributed by atoms with Crippen LogP contribution in [0, 0.1) is 0 Å². The van der Waals surface area contributed by atoms with Gasteiger partial charge < -0.3 is 10.0 Å². The lowest BCUT2D eigenvalue weighted by Gasteiger charge is -2.33. The largest absolute Gasteiger partial charge is 0.479 e. The van der Waals surface area contributed by atoms with Crippen molar-refractivity contribution in [2.45, 2.75) is 12.5 Å². The second-order valence-electron chi connectivity index (χ2n) is 4.66. The maximum Gasteiger partial charge on any atom is 0.331 e. The van der Waals surface area contributed by atoms with Gasteiger partial charge >= 0.3 is 5.97 Å². The molecule has 1 N–H and O–H groups in total. The Kier molecular flexibility index (Phi) is 3.77. The van der Waals surface area contributed by atoms with Gasteiger partial charge in [0.25, 0.3) is 5.91 Å². The number of hydrogen-bond donors (Lipinski definition) is 1. The van der Waals surface area contributed by atoms with Crippen molar-refractivity contribution in [1.82, 2.24) is 9.88 Å². The average Bonchev–Trinajstić information content (AvgIpc) is 2.94. The van der Waals surface area contributed by atoms with E-state index in [9.17, 15) is 14.7 Å². The van der Waals surface area contributed by atoms with Crippen LogP contribution in [-0.4, -0.2) is 33.4 Å². The van der Waals surface area contributed by atoms with Gasteiger partial charge in [-0.2, -0.15) is 0 Å². The van der Waals surface area contributed by atoms with Crippen LogP contribution in [0.2, 0.25) is 0 Å². The fourth-order valence-electron chi connectivity index (χ4n) is 2.47. The number of carboxylic acid groups (broad SMARTS) is 1. The SMILES string of the molecule is O=C(O)C1c2ccsc2CCN1C(=O)c1ccc(Br)nc1. The highest BCUT2D eigenvalue weighted by Crippen LogP contribution is 2.34. The van der Waals surface area contributed by atoms with E-state index >= 15 is 0 Å². The minimum atomic E-state index is -1.01. The molecule has 7 heteroatoms. The predicted octanol–water partition coefficient (Wildman–Crippen LogP) is 2.73. The van der Waals surface area contributed by atoms with Crippen molar-refractivity contribution in [2.75, 3.05) is 6.54 Å². The Morgan fingerprint density at radius 1 is 1.38 bits per heavy atom. The van der Waals surface area contributed by atoms with E-state index in [2.05, 4.69) is 20.9 Å². The molecule has 5 nitrogen and oxygen atoms in total. The lowest BCUT2D eigenvalue weighted by atomic mass is 9.99. The zero-order chi connectivity index (χ0) is 15.0. The molecule has 0 aliphatic carbocycles. The van der Waals surface area contributed by atoms with Gasteiger partial charge in [0.2, 0.25) is 0 Å². The topological polar surface area (TPSA) is 70.5 Å². The van der Waals surface area contributed by atoms with E-state index in [1.165, 1.54) is 22.4 Å². The first-order valence-corrected chi connectivity index (χ1v) is 7.97. The Morgan fingerprint density at radius 2 is 2.19 bits per heavy atom. The minimum Gasteiger partial charge on any atom is -0.479 e. The predicted molar refractivity (Wildman–Crippen MR) is 81.4 cm³/mol. The van der Waals surface area contributed by atoms with Crippen LogP contribution in [0.5, 0.6) is 0 Å². The van der Waals surface area contributed by atoms with Gasteiger partial charge in [-0.3, -0.25) is 4.79 Å². The van der Waals surface area contributed by atoms with Crippen LogP contribution in [0.3, 0.4) is 0 Å². The van der Waals surface area contributed by atoms with Gasteiger partial charge in [0.05, 0.1) is 5.56 Å². The number of thiophene rings is 1. The maximum absolute atomic E-state index is 12.6. The quantitative estimate of drug-likeness (QED) is 0.829. The van der Waals surface area contributed by atoms with Crippen molar-refractivity contribution in [3.8, 4) is 0 Å². The van der Waals surface area contributed by atoms with Gasteiger partial charge in [-0.25, -0.2) is 9.78 Å². The number of carbonyl (C=O) groups is 2. The van der Waals surface area contributed by atoms with Crippen LogP contribution in [0.1, 0.15) is 26.8 Å². The van der Waals surface area contributed by atoms with Crippen molar-refractivity contribution >= 4 is 39.1 Å². The molecule has 1 aliphatic rings. The number of aromatic nitrogens is 1. The van der Waals surface area contributed by atoms with E-state index in [1.54, 1.807) is 18.2 Å². The van der Waals surface area contributed by atoms with Gasteiger partial charge in [-0.15, -0.1) is 11.3 Å². The van der Waals surface area contributed by atoms with Crippen molar-refractivity contribution in [2.24, 2.45) is 0 Å². The van der Waals surface area contributed by atoms with E-state index in [0.717, 1.165) is 10.4 Å². The molecule has 21 heavy (non-hydrogen) atoms. The summed E-state index contributed by atoms with van der Waals surface area (Å²) in [6, 6.07) is 4.18. The fraction of sp³-hybridized carbons (Fsp3) is 0.214. The number of pyridine rings is 1. The highest BCUT2D eigenvalue weighted by atomic mass is 79.9. The summed E-state index contributed by atoms with van der Waals surface area (Å²) in [4.78, 5) is 30.6. The minimum absolute atomic E-state index is 0.306. The third-order valence-electron chi connectivity index (χ3n) is 3.44. The molecule has 0 fully saturated rings. The second-order valence-corrected chi connectivity index (χ2v) is 6.47. The number of aliphatic carboxylic acids is 1. The van der Waals surface area contributed by atoms with Crippen molar-refractivity contribution in [3.63, 3.8) is 0 Å². The zero-order valence-corrected chi connectivity index (χ0v) is 13.2. The molecular weight excluding hydrogens is 356 g/mol. The second kappa shape index (κ2) is 5.57. The summed E-state index contributed by atoms with van der Waals surface area (Å²) in [5, 5.41) is 11.4. The van der Waals surface area contributed by atoms with Gasteiger partial charge in [0.1, 0.15) is 4.60 Å². The van der Waals surface area contributed by atoms with Gasteiger partial charge in [-0.05, 0) is 51.5 Å². The summed E-state index contributed by atoms with van der Waals surface area (Å²) in [6.45, 7) is 0.402. The highest BCUT2D eigenvalue weighted by Gasteiger charge is 2.36. The van der Waals surface area contributed by atoms with Crippen LogP contribution < -0.4 is 0 Å². The van der Waals surface area contributed by atoms with Crippen molar-refractivity contribution in [3.05, 3.63) is 50.4 Å². The van der Waals surface area contributed by atoms with E-state index in [0.29, 0.717) is 23.1 Å². The first-order chi connectivity index (χ1) is 10.1. The summed E-state index contributed by atoms with van der Waals surface area (Å²) in [5.41, 5.74) is 1.11. The molecule has 2 aromatic rings. The number of amides is 1. The molecule has 1 aliphatic heterocycles. The standard InChI is InChI=1S/C14H11BrN2O3S/c15-11-2-1-8(7-16-11)13(18)17-5-3-10-9(4-6-21-10)12(17)14(19)20/h1-2,4,6-7,12H,3,5H2,(H,19,20). The molecule has 0 spiro atoms. The molecule has 3 rings (SSSR count). The summed E-state index contributed by atoms with van der Waals surface area (Å²) < 4.78 is 0.632. The monoisotopic (exact) mass is 366 g/mol. The molecule has 0 saturated carbocycles. The maximum atomic E-state index is 12.6. The van der Waals surface area contributed by atoms with Crippen LogP contribution in [-0.2, 0) is 11.2 Å². The first-order valence-electron chi connectivity index (χ1n) is 6.29. The summed E-state index contributed by atoms with van der Waals surface area (Å²) >= 11 is 4.75. The summed E-state index contributed by atoms with van der Waals surface area (Å²) in [5.74, 6) is -1.31. The molecule has 2 aromatic heterocycles. The third kappa shape index (κ3) is 2.58.